The Balaban J connectivity index is 1.59. The van der Waals surface area contributed by atoms with E-state index in [2.05, 4.69) is 22.2 Å². The van der Waals surface area contributed by atoms with E-state index in [0.717, 1.165) is 36.9 Å². The van der Waals surface area contributed by atoms with Crippen LogP contribution in [-0.2, 0) is 4.74 Å². The number of ether oxygens (including phenoxy) is 1. The number of amides is 1. The normalized spacial score (nSPS) is 19.2. The summed E-state index contributed by atoms with van der Waals surface area (Å²) in [6.45, 7) is 3.30. The fourth-order valence-corrected chi connectivity index (χ4v) is 2.80. The summed E-state index contributed by atoms with van der Waals surface area (Å²) in [7, 11) is 2.10. The zero-order valence-corrected chi connectivity index (χ0v) is 12.8. The zero-order valence-electron chi connectivity index (χ0n) is 12.8. The molecule has 0 radical (unpaired) electrons. The van der Waals surface area contributed by atoms with Crippen LogP contribution in [0.1, 0.15) is 16.8 Å². The smallest absolute Gasteiger partial charge is 0.251 e. The summed E-state index contributed by atoms with van der Waals surface area (Å²) in [5.41, 5.74) is 0.696. The van der Waals surface area contributed by atoms with Gasteiger partial charge in [0.05, 0.1) is 12.7 Å². The van der Waals surface area contributed by atoms with Crippen LogP contribution >= 0.6 is 0 Å². The summed E-state index contributed by atoms with van der Waals surface area (Å²) in [5.74, 6) is -0.0408. The van der Waals surface area contributed by atoms with Gasteiger partial charge in [0.1, 0.15) is 0 Å². The van der Waals surface area contributed by atoms with Gasteiger partial charge in [-0.2, -0.15) is 0 Å². The SMILES string of the molecule is CN1CCO[C@@H](CCNC(=O)c2cccc3cnccc23)C1. The fourth-order valence-electron chi connectivity index (χ4n) is 2.80. The standard InChI is InChI=1S/C17H21N3O2/c1-20-9-10-22-14(12-20)5-8-19-17(21)16-4-2-3-13-11-18-7-6-15(13)16/h2-4,6-7,11,14H,5,8-10,12H2,1H3,(H,19,21)/t14-/m0/s1. The molecule has 1 amide bonds. The van der Waals surface area contributed by atoms with Gasteiger partial charge >= 0.3 is 0 Å². The predicted molar refractivity (Wildman–Crippen MR) is 85.9 cm³/mol. The number of morpholine rings is 1. The van der Waals surface area contributed by atoms with Crippen LogP contribution in [0.3, 0.4) is 0 Å². The minimum absolute atomic E-state index is 0.0408. The molecule has 5 nitrogen and oxygen atoms in total. The van der Waals surface area contributed by atoms with Gasteiger partial charge < -0.3 is 15.0 Å². The molecule has 1 fully saturated rings. The number of nitrogens with zero attached hydrogens (tertiary/aromatic N) is 2. The van der Waals surface area contributed by atoms with Gasteiger partial charge in [0, 0.05) is 43.0 Å². The van der Waals surface area contributed by atoms with Crippen molar-refractivity contribution in [2.24, 2.45) is 0 Å². The quantitative estimate of drug-likeness (QED) is 0.933. The Labute approximate surface area is 130 Å². The molecule has 22 heavy (non-hydrogen) atoms. The number of pyridine rings is 1. The maximum Gasteiger partial charge on any atom is 0.251 e. The third kappa shape index (κ3) is 3.43. The monoisotopic (exact) mass is 299 g/mol. The number of carbonyl (C=O) groups excluding carboxylic acids is 1. The van der Waals surface area contributed by atoms with Crippen LogP contribution in [0.5, 0.6) is 0 Å². The number of nitrogens with one attached hydrogen (secondary N) is 1. The highest BCUT2D eigenvalue weighted by atomic mass is 16.5. The average molecular weight is 299 g/mol. The first-order valence-corrected chi connectivity index (χ1v) is 7.65. The van der Waals surface area contributed by atoms with E-state index in [1.54, 1.807) is 12.4 Å². The molecular formula is C17H21N3O2. The van der Waals surface area contributed by atoms with Crippen molar-refractivity contribution in [2.45, 2.75) is 12.5 Å². The maximum atomic E-state index is 12.4. The first kappa shape index (κ1) is 14.9. The molecule has 1 aromatic carbocycles. The summed E-state index contributed by atoms with van der Waals surface area (Å²) in [5, 5.41) is 4.91. The number of carbonyl (C=O) groups is 1. The van der Waals surface area contributed by atoms with Crippen molar-refractivity contribution in [2.75, 3.05) is 33.3 Å². The molecule has 1 N–H and O–H groups in total. The Morgan fingerprint density at radius 2 is 2.36 bits per heavy atom. The first-order chi connectivity index (χ1) is 10.7. The molecule has 5 heteroatoms. The van der Waals surface area contributed by atoms with E-state index in [1.165, 1.54) is 0 Å². The Kier molecular flexibility index (Phi) is 4.65. The van der Waals surface area contributed by atoms with Gasteiger partial charge in [-0.05, 0) is 31.0 Å². The Bertz CT molecular complexity index is 654. The lowest BCUT2D eigenvalue weighted by molar-refractivity contribution is -0.0225. The van der Waals surface area contributed by atoms with E-state index in [0.29, 0.717) is 12.1 Å². The lowest BCUT2D eigenvalue weighted by atomic mass is 10.1. The van der Waals surface area contributed by atoms with Crippen LogP contribution in [-0.4, -0.2) is 55.2 Å². The van der Waals surface area contributed by atoms with Crippen molar-refractivity contribution in [3.05, 3.63) is 42.2 Å². The molecule has 2 heterocycles. The number of benzene rings is 1. The molecule has 0 unspecified atom stereocenters. The largest absolute Gasteiger partial charge is 0.375 e. The van der Waals surface area contributed by atoms with Crippen molar-refractivity contribution < 1.29 is 9.53 Å². The number of fused-ring (bicyclic) bond motifs is 1. The van der Waals surface area contributed by atoms with Crippen LogP contribution in [0.2, 0.25) is 0 Å². The molecule has 3 rings (SSSR count). The average Bonchev–Trinajstić information content (AvgIpc) is 2.54. The number of likely N-dealkylation sites (N-methyl/N-ethyl adjacent to an activating group) is 1. The van der Waals surface area contributed by atoms with E-state index < -0.39 is 0 Å². The van der Waals surface area contributed by atoms with Crippen molar-refractivity contribution in [3.8, 4) is 0 Å². The molecule has 0 saturated carbocycles. The zero-order chi connectivity index (χ0) is 15.4. The van der Waals surface area contributed by atoms with Crippen LogP contribution in [0.15, 0.2) is 36.7 Å². The Morgan fingerprint density at radius 1 is 1.45 bits per heavy atom. The van der Waals surface area contributed by atoms with Crippen LogP contribution in [0.25, 0.3) is 10.8 Å². The highest BCUT2D eigenvalue weighted by molar-refractivity contribution is 6.06. The number of aromatic nitrogens is 1. The van der Waals surface area contributed by atoms with Crippen molar-refractivity contribution >= 4 is 16.7 Å². The maximum absolute atomic E-state index is 12.4. The molecular weight excluding hydrogens is 278 g/mol. The van der Waals surface area contributed by atoms with E-state index in [-0.39, 0.29) is 12.0 Å². The second-order valence-corrected chi connectivity index (χ2v) is 5.70. The summed E-state index contributed by atoms with van der Waals surface area (Å²) in [6.07, 6.45) is 4.53. The number of rotatable bonds is 4. The van der Waals surface area contributed by atoms with E-state index in [4.69, 9.17) is 4.74 Å². The highest BCUT2D eigenvalue weighted by Gasteiger charge is 2.17. The molecule has 2 aromatic rings. The number of hydrogen-bond acceptors (Lipinski definition) is 4. The molecule has 0 aliphatic carbocycles. The number of hydrogen-bond donors (Lipinski definition) is 1. The lowest BCUT2D eigenvalue weighted by Crippen LogP contribution is -2.41. The fraction of sp³-hybridized carbons (Fsp3) is 0.412. The lowest BCUT2D eigenvalue weighted by Gasteiger charge is -2.30. The van der Waals surface area contributed by atoms with Crippen LogP contribution in [0, 0.1) is 0 Å². The van der Waals surface area contributed by atoms with Gasteiger partial charge in [-0.1, -0.05) is 12.1 Å². The van der Waals surface area contributed by atoms with E-state index in [1.807, 2.05) is 24.3 Å². The summed E-state index contributed by atoms with van der Waals surface area (Å²) in [4.78, 5) is 18.7. The van der Waals surface area contributed by atoms with Gasteiger partial charge in [0.2, 0.25) is 0 Å². The third-order valence-electron chi connectivity index (χ3n) is 4.02. The topological polar surface area (TPSA) is 54.5 Å². The highest BCUT2D eigenvalue weighted by Crippen LogP contribution is 2.17. The first-order valence-electron chi connectivity index (χ1n) is 7.65. The molecule has 0 bridgehead atoms. The van der Waals surface area contributed by atoms with Gasteiger partial charge in [-0.25, -0.2) is 0 Å². The van der Waals surface area contributed by atoms with Gasteiger partial charge in [-0.3, -0.25) is 9.78 Å². The van der Waals surface area contributed by atoms with Crippen molar-refractivity contribution in [3.63, 3.8) is 0 Å². The van der Waals surface area contributed by atoms with Gasteiger partial charge in [-0.15, -0.1) is 0 Å². The van der Waals surface area contributed by atoms with Crippen molar-refractivity contribution in [1.29, 1.82) is 0 Å². The molecule has 1 atom stereocenters. The predicted octanol–water partition coefficient (Wildman–Crippen LogP) is 1.69. The second kappa shape index (κ2) is 6.85. The molecule has 1 aromatic heterocycles. The molecule has 0 spiro atoms. The molecule has 1 saturated heterocycles. The van der Waals surface area contributed by atoms with E-state index >= 15 is 0 Å². The molecule has 1 aliphatic rings. The third-order valence-corrected chi connectivity index (χ3v) is 4.02. The van der Waals surface area contributed by atoms with E-state index in [9.17, 15) is 4.79 Å². The summed E-state index contributed by atoms with van der Waals surface area (Å²) < 4.78 is 5.70. The second-order valence-electron chi connectivity index (χ2n) is 5.70. The minimum Gasteiger partial charge on any atom is -0.375 e. The van der Waals surface area contributed by atoms with Gasteiger partial charge in [0.25, 0.3) is 5.91 Å². The summed E-state index contributed by atoms with van der Waals surface area (Å²) in [6, 6.07) is 7.58. The Hall–Kier alpha value is -1.98. The molecule has 1 aliphatic heterocycles. The summed E-state index contributed by atoms with van der Waals surface area (Å²) >= 11 is 0. The Morgan fingerprint density at radius 3 is 3.23 bits per heavy atom. The van der Waals surface area contributed by atoms with Gasteiger partial charge in [0.15, 0.2) is 0 Å². The van der Waals surface area contributed by atoms with Crippen LogP contribution in [0.4, 0.5) is 0 Å². The van der Waals surface area contributed by atoms with Crippen molar-refractivity contribution in [1.82, 2.24) is 15.2 Å². The molecule has 116 valence electrons. The van der Waals surface area contributed by atoms with Crippen LogP contribution < -0.4 is 5.32 Å². The minimum atomic E-state index is -0.0408.